The van der Waals surface area contributed by atoms with Gasteiger partial charge in [-0.05, 0) is 57.1 Å². The van der Waals surface area contributed by atoms with Crippen molar-refractivity contribution in [2.24, 2.45) is 5.41 Å². The van der Waals surface area contributed by atoms with E-state index < -0.39 is 41.0 Å². The van der Waals surface area contributed by atoms with Gasteiger partial charge in [-0.15, -0.1) is 11.3 Å². The van der Waals surface area contributed by atoms with Crippen molar-refractivity contribution in [3.8, 4) is 10.4 Å². The number of nitrogens with zero attached hydrogens (tertiary/aromatic N) is 3. The Morgan fingerprint density at radius 3 is 2.30 bits per heavy atom. The average molecular weight is 759 g/mol. The smallest absolute Gasteiger partial charge is 0.407 e. The number of ether oxygens (including phenoxy) is 3. The van der Waals surface area contributed by atoms with Gasteiger partial charge >= 0.3 is 6.09 Å². The second kappa shape index (κ2) is 19.1. The van der Waals surface area contributed by atoms with Crippen LogP contribution in [0, 0.1) is 12.3 Å². The number of benzene rings is 1. The Morgan fingerprint density at radius 2 is 1.68 bits per heavy atom. The molecule has 3 heterocycles. The van der Waals surface area contributed by atoms with E-state index in [0.29, 0.717) is 13.2 Å². The number of nitrogens with one attached hydrogen (secondary N) is 3. The van der Waals surface area contributed by atoms with Gasteiger partial charge in [-0.2, -0.15) is 0 Å². The third kappa shape index (κ3) is 13.3. The fourth-order valence-electron chi connectivity index (χ4n) is 6.34. The molecule has 1 aromatic heterocycles. The second-order valence-electron chi connectivity index (χ2n) is 15.9. The number of aliphatic hydroxyl groups excluding tert-OH is 1. The molecule has 2 aliphatic rings. The minimum atomic E-state index is -0.943. The zero-order valence-electron chi connectivity index (χ0n) is 32.2. The van der Waals surface area contributed by atoms with Crippen molar-refractivity contribution in [2.45, 2.75) is 104 Å². The topological polar surface area (TPSA) is 172 Å². The van der Waals surface area contributed by atoms with Crippen LogP contribution < -0.4 is 16.0 Å². The van der Waals surface area contributed by atoms with E-state index in [1.165, 1.54) is 4.90 Å². The van der Waals surface area contributed by atoms with Crippen LogP contribution in [0.4, 0.5) is 4.79 Å². The number of likely N-dealkylation sites (tertiary alicyclic amines) is 2. The molecule has 2 fully saturated rings. The Hall–Kier alpha value is -3.63. The molecule has 294 valence electrons. The lowest BCUT2D eigenvalue weighted by Gasteiger charge is -2.35. The van der Waals surface area contributed by atoms with Crippen molar-refractivity contribution in [3.63, 3.8) is 0 Å². The molecular formula is C38H58N6O8S. The average Bonchev–Trinajstić information content (AvgIpc) is 3.70. The van der Waals surface area contributed by atoms with Gasteiger partial charge in [0.1, 0.15) is 24.3 Å². The van der Waals surface area contributed by atoms with Gasteiger partial charge in [-0.25, -0.2) is 9.78 Å². The van der Waals surface area contributed by atoms with E-state index in [1.54, 1.807) is 11.3 Å². The molecule has 15 heteroatoms. The molecule has 53 heavy (non-hydrogen) atoms. The minimum Gasteiger partial charge on any atom is -0.444 e. The summed E-state index contributed by atoms with van der Waals surface area (Å²) in [5.74, 6) is -1.25. The number of rotatable bonds is 15. The molecule has 3 atom stereocenters. The van der Waals surface area contributed by atoms with Crippen LogP contribution in [0.25, 0.3) is 10.4 Å². The standard InChI is InChI=1S/C38H58N6O8S/c1-25-32(53-24-40-25)27-10-8-26(9-11-27)21-39-34(47)30-20-29(45)22-44(30)35(48)33(37(2,3)4)42-31(46)23-51-19-18-50-17-16-43-14-12-28(13-15-43)41-36(49)52-38(5,6)7/h8-11,24,28-30,33,45H,12-23H2,1-7H3,(H,39,47)(H,41,49)(H,42,46)/t29-,30+,33-/m1/s1. The van der Waals surface area contributed by atoms with Crippen molar-refractivity contribution in [1.29, 1.82) is 0 Å². The number of hydrogen-bond acceptors (Lipinski definition) is 11. The number of piperidine rings is 1. The van der Waals surface area contributed by atoms with E-state index in [-0.39, 0.29) is 50.8 Å². The SMILES string of the molecule is Cc1ncsc1-c1ccc(CNC(=O)[C@@H]2C[C@@H](O)CN2C(=O)[C@@H](NC(=O)COCCOCCN2CCC(NC(=O)OC(C)(C)C)CC2)C(C)(C)C)cc1. The molecule has 1 aromatic carbocycles. The molecule has 4 N–H and O–H groups in total. The van der Waals surface area contributed by atoms with E-state index in [9.17, 15) is 24.3 Å². The minimum absolute atomic E-state index is 0.00289. The van der Waals surface area contributed by atoms with E-state index >= 15 is 0 Å². The number of hydrogen-bond donors (Lipinski definition) is 4. The number of aromatic nitrogens is 1. The predicted octanol–water partition coefficient (Wildman–Crippen LogP) is 3.25. The van der Waals surface area contributed by atoms with Crippen LogP contribution in [-0.4, -0.2) is 126 Å². The maximum absolute atomic E-state index is 13.9. The number of aliphatic hydroxyl groups is 1. The normalized spacial score (nSPS) is 19.1. The van der Waals surface area contributed by atoms with E-state index in [0.717, 1.165) is 54.2 Å². The first kappa shape index (κ1) is 42.1. The lowest BCUT2D eigenvalue weighted by Crippen LogP contribution is -2.58. The van der Waals surface area contributed by atoms with E-state index in [4.69, 9.17) is 14.2 Å². The first-order valence-electron chi connectivity index (χ1n) is 18.4. The summed E-state index contributed by atoms with van der Waals surface area (Å²) < 4.78 is 16.6. The maximum atomic E-state index is 13.9. The van der Waals surface area contributed by atoms with Gasteiger partial charge in [0, 0.05) is 45.2 Å². The zero-order chi connectivity index (χ0) is 38.8. The highest BCUT2D eigenvalue weighted by molar-refractivity contribution is 7.13. The monoisotopic (exact) mass is 758 g/mol. The molecule has 2 aliphatic heterocycles. The van der Waals surface area contributed by atoms with Gasteiger partial charge in [-0.1, -0.05) is 45.0 Å². The number of amides is 4. The fraction of sp³-hybridized carbons (Fsp3) is 0.658. The Morgan fingerprint density at radius 1 is 1.00 bits per heavy atom. The molecule has 0 radical (unpaired) electrons. The number of alkyl carbamates (subject to hydrolysis) is 1. The fourth-order valence-corrected chi connectivity index (χ4v) is 7.15. The molecule has 0 bridgehead atoms. The Bertz CT molecular complexity index is 1510. The van der Waals surface area contributed by atoms with Gasteiger partial charge in [0.2, 0.25) is 17.7 Å². The summed E-state index contributed by atoms with van der Waals surface area (Å²) >= 11 is 1.58. The van der Waals surface area contributed by atoms with Crippen molar-refractivity contribution in [3.05, 3.63) is 41.0 Å². The first-order chi connectivity index (χ1) is 25.0. The van der Waals surface area contributed by atoms with Gasteiger partial charge in [0.15, 0.2) is 0 Å². The summed E-state index contributed by atoms with van der Waals surface area (Å²) in [6.45, 7) is 16.5. The number of β-amino-alcohol motifs (C(OH)–C–C–N with tert-alkyl or cyclic N) is 1. The van der Waals surface area contributed by atoms with Gasteiger partial charge in [0.25, 0.3) is 0 Å². The lowest BCUT2D eigenvalue weighted by atomic mass is 9.85. The van der Waals surface area contributed by atoms with Gasteiger partial charge < -0.3 is 45.1 Å². The van der Waals surface area contributed by atoms with Crippen molar-refractivity contribution >= 4 is 35.2 Å². The quantitative estimate of drug-likeness (QED) is 0.198. The summed E-state index contributed by atoms with van der Waals surface area (Å²) in [6.07, 6.45) is 0.547. The number of carbonyl (C=O) groups excluding carboxylic acids is 4. The third-order valence-electron chi connectivity index (χ3n) is 9.18. The molecule has 0 unspecified atom stereocenters. The number of aryl methyl sites for hydroxylation is 1. The molecule has 2 saturated heterocycles. The summed E-state index contributed by atoms with van der Waals surface area (Å²) in [4.78, 5) is 61.2. The van der Waals surface area contributed by atoms with Crippen LogP contribution in [0.1, 0.15) is 72.1 Å². The lowest BCUT2D eigenvalue weighted by molar-refractivity contribution is -0.144. The molecule has 4 rings (SSSR count). The molecular weight excluding hydrogens is 701 g/mol. The number of carbonyl (C=O) groups is 4. The first-order valence-corrected chi connectivity index (χ1v) is 19.3. The van der Waals surface area contributed by atoms with Crippen molar-refractivity contribution in [2.75, 3.05) is 52.6 Å². The van der Waals surface area contributed by atoms with Crippen LogP contribution in [0.3, 0.4) is 0 Å². The van der Waals surface area contributed by atoms with Crippen LogP contribution in [0.15, 0.2) is 29.8 Å². The third-order valence-corrected chi connectivity index (χ3v) is 10.2. The summed E-state index contributed by atoms with van der Waals surface area (Å²) in [5, 5.41) is 19.2. The molecule has 0 aliphatic carbocycles. The highest BCUT2D eigenvalue weighted by atomic mass is 32.1. The zero-order valence-corrected chi connectivity index (χ0v) is 33.1. The van der Waals surface area contributed by atoms with E-state index in [1.807, 2.05) is 78.2 Å². The van der Waals surface area contributed by atoms with Crippen LogP contribution in [0.5, 0.6) is 0 Å². The van der Waals surface area contributed by atoms with Gasteiger partial charge in [0.05, 0.1) is 42.0 Å². The van der Waals surface area contributed by atoms with Crippen LogP contribution in [0.2, 0.25) is 0 Å². The van der Waals surface area contributed by atoms with Crippen LogP contribution in [-0.2, 0) is 35.1 Å². The largest absolute Gasteiger partial charge is 0.444 e. The Balaban J connectivity index is 1.15. The second-order valence-corrected chi connectivity index (χ2v) is 16.7. The Labute approximate surface area is 317 Å². The van der Waals surface area contributed by atoms with Gasteiger partial charge in [-0.3, -0.25) is 14.4 Å². The summed E-state index contributed by atoms with van der Waals surface area (Å²) in [5.41, 5.74) is 3.54. The summed E-state index contributed by atoms with van der Waals surface area (Å²) in [7, 11) is 0. The van der Waals surface area contributed by atoms with E-state index in [2.05, 4.69) is 25.8 Å². The molecule has 0 saturated carbocycles. The predicted molar refractivity (Wildman–Crippen MR) is 202 cm³/mol. The molecule has 0 spiro atoms. The number of thiazole rings is 1. The molecule has 14 nitrogen and oxygen atoms in total. The molecule has 2 aromatic rings. The highest BCUT2D eigenvalue weighted by Gasteiger charge is 2.44. The summed E-state index contributed by atoms with van der Waals surface area (Å²) in [6, 6.07) is 6.16. The van der Waals surface area contributed by atoms with Crippen molar-refractivity contribution in [1.82, 2.24) is 30.7 Å². The molecule has 4 amide bonds. The Kier molecular flexibility index (Phi) is 15.2. The van der Waals surface area contributed by atoms with Crippen molar-refractivity contribution < 1.29 is 38.5 Å². The highest BCUT2D eigenvalue weighted by Crippen LogP contribution is 2.28. The maximum Gasteiger partial charge on any atom is 0.407 e. The van der Waals surface area contributed by atoms with Crippen LogP contribution >= 0.6 is 11.3 Å².